The zero-order valence-electron chi connectivity index (χ0n) is 13.2. The molecule has 2 aliphatic rings. The number of carbonyl (C=O) groups is 2. The Hall–Kier alpha value is -1.84. The van der Waals surface area contributed by atoms with Crippen molar-refractivity contribution < 1.29 is 9.59 Å². The van der Waals surface area contributed by atoms with Crippen LogP contribution in [-0.4, -0.2) is 35.8 Å². The highest BCUT2D eigenvalue weighted by atomic mass is 16.2. The molecule has 2 amide bonds. The third kappa shape index (κ3) is 2.87. The number of hydrogen-bond acceptors (Lipinski definition) is 2. The van der Waals surface area contributed by atoms with Gasteiger partial charge in [-0.15, -0.1) is 0 Å². The van der Waals surface area contributed by atoms with Crippen LogP contribution >= 0.6 is 0 Å². The maximum atomic E-state index is 12.8. The van der Waals surface area contributed by atoms with Crippen LogP contribution in [0, 0.1) is 5.92 Å². The molecule has 22 heavy (non-hydrogen) atoms. The number of likely N-dealkylation sites (tertiary alicyclic amines) is 1. The molecular formula is C18H24N2O2. The van der Waals surface area contributed by atoms with Crippen molar-refractivity contribution in [1.82, 2.24) is 4.90 Å². The third-order valence-electron chi connectivity index (χ3n) is 4.92. The molecule has 2 saturated heterocycles. The van der Waals surface area contributed by atoms with Gasteiger partial charge < -0.3 is 9.80 Å². The van der Waals surface area contributed by atoms with E-state index in [2.05, 4.69) is 6.92 Å². The first-order valence-corrected chi connectivity index (χ1v) is 8.36. The number of anilines is 1. The second-order valence-corrected chi connectivity index (χ2v) is 6.33. The van der Waals surface area contributed by atoms with E-state index in [4.69, 9.17) is 0 Å². The first-order chi connectivity index (χ1) is 10.7. The molecule has 0 bridgehead atoms. The van der Waals surface area contributed by atoms with Crippen molar-refractivity contribution in [1.29, 1.82) is 0 Å². The molecule has 118 valence electrons. The Balaban J connectivity index is 1.71. The van der Waals surface area contributed by atoms with E-state index < -0.39 is 0 Å². The Morgan fingerprint density at radius 2 is 2.00 bits per heavy atom. The van der Waals surface area contributed by atoms with Crippen molar-refractivity contribution in [3.8, 4) is 0 Å². The van der Waals surface area contributed by atoms with Crippen molar-refractivity contribution in [3.05, 3.63) is 30.3 Å². The Morgan fingerprint density at radius 1 is 1.23 bits per heavy atom. The molecule has 2 atom stereocenters. The highest BCUT2D eigenvalue weighted by Gasteiger charge is 2.39. The Morgan fingerprint density at radius 3 is 2.73 bits per heavy atom. The highest BCUT2D eigenvalue weighted by molar-refractivity contribution is 6.00. The van der Waals surface area contributed by atoms with E-state index in [1.54, 1.807) is 4.90 Å². The molecule has 3 rings (SSSR count). The van der Waals surface area contributed by atoms with Gasteiger partial charge in [-0.05, 0) is 37.8 Å². The average Bonchev–Trinajstić information content (AvgIpc) is 2.97. The van der Waals surface area contributed by atoms with Crippen molar-refractivity contribution in [2.75, 3.05) is 18.0 Å². The predicted octanol–water partition coefficient (Wildman–Crippen LogP) is 2.83. The maximum Gasteiger partial charge on any atom is 0.228 e. The molecule has 2 aliphatic heterocycles. The zero-order chi connectivity index (χ0) is 15.5. The van der Waals surface area contributed by atoms with Gasteiger partial charge in [-0.3, -0.25) is 9.59 Å². The van der Waals surface area contributed by atoms with Gasteiger partial charge >= 0.3 is 0 Å². The van der Waals surface area contributed by atoms with Crippen LogP contribution in [0.4, 0.5) is 5.69 Å². The summed E-state index contributed by atoms with van der Waals surface area (Å²) >= 11 is 0. The minimum Gasteiger partial charge on any atom is -0.339 e. The SMILES string of the molecule is CC[C@@H]1CCCCN1C(=O)[C@@H]1CC(=O)N(c2ccccc2)C1. The number of hydrogen-bond donors (Lipinski definition) is 0. The first-order valence-electron chi connectivity index (χ1n) is 8.36. The quantitative estimate of drug-likeness (QED) is 0.861. The summed E-state index contributed by atoms with van der Waals surface area (Å²) in [5.41, 5.74) is 0.897. The molecule has 0 saturated carbocycles. The number of para-hydroxylation sites is 1. The molecule has 2 fully saturated rings. The maximum absolute atomic E-state index is 12.8. The van der Waals surface area contributed by atoms with Gasteiger partial charge in [0.2, 0.25) is 11.8 Å². The van der Waals surface area contributed by atoms with Crippen LogP contribution in [0.25, 0.3) is 0 Å². The van der Waals surface area contributed by atoms with Crippen LogP contribution in [0.3, 0.4) is 0 Å². The van der Waals surface area contributed by atoms with E-state index in [1.165, 1.54) is 6.42 Å². The molecule has 4 nitrogen and oxygen atoms in total. The summed E-state index contributed by atoms with van der Waals surface area (Å²) in [5, 5.41) is 0. The molecule has 1 aromatic rings. The fourth-order valence-electron chi connectivity index (χ4n) is 3.68. The van der Waals surface area contributed by atoms with E-state index in [9.17, 15) is 9.59 Å². The number of rotatable bonds is 3. The van der Waals surface area contributed by atoms with E-state index in [0.29, 0.717) is 19.0 Å². The summed E-state index contributed by atoms with van der Waals surface area (Å²) in [4.78, 5) is 28.9. The second kappa shape index (κ2) is 6.51. The zero-order valence-corrected chi connectivity index (χ0v) is 13.2. The van der Waals surface area contributed by atoms with Gasteiger partial charge in [0.1, 0.15) is 0 Å². The fourth-order valence-corrected chi connectivity index (χ4v) is 3.68. The lowest BCUT2D eigenvalue weighted by Crippen LogP contribution is -2.46. The van der Waals surface area contributed by atoms with Crippen molar-refractivity contribution in [2.45, 2.75) is 45.1 Å². The minimum absolute atomic E-state index is 0.0645. The molecule has 0 spiro atoms. The van der Waals surface area contributed by atoms with Crippen LogP contribution in [0.1, 0.15) is 39.0 Å². The summed E-state index contributed by atoms with van der Waals surface area (Å²) in [7, 11) is 0. The van der Waals surface area contributed by atoms with Crippen LogP contribution in [0.5, 0.6) is 0 Å². The predicted molar refractivity (Wildman–Crippen MR) is 86.5 cm³/mol. The standard InChI is InChI=1S/C18H24N2O2/c1-2-15-8-6-7-11-19(15)18(22)14-12-17(21)20(13-14)16-9-4-3-5-10-16/h3-5,9-10,14-15H,2,6-8,11-13H2,1H3/t14-,15-/m1/s1. The summed E-state index contributed by atoms with van der Waals surface area (Å²) in [5.74, 6) is 0.0628. The summed E-state index contributed by atoms with van der Waals surface area (Å²) in [6, 6.07) is 10.0. The normalized spacial score (nSPS) is 25.6. The number of carbonyl (C=O) groups excluding carboxylic acids is 2. The number of piperidine rings is 1. The van der Waals surface area contributed by atoms with Crippen LogP contribution in [0.15, 0.2) is 30.3 Å². The van der Waals surface area contributed by atoms with E-state index in [0.717, 1.165) is 31.5 Å². The number of benzene rings is 1. The van der Waals surface area contributed by atoms with E-state index in [-0.39, 0.29) is 17.7 Å². The Labute approximate surface area is 132 Å². The summed E-state index contributed by atoms with van der Waals surface area (Å²) in [6.45, 7) is 3.52. The molecule has 0 aliphatic carbocycles. The van der Waals surface area contributed by atoms with Gasteiger partial charge in [0.15, 0.2) is 0 Å². The topological polar surface area (TPSA) is 40.6 Å². The monoisotopic (exact) mass is 300 g/mol. The Bertz CT molecular complexity index is 543. The lowest BCUT2D eigenvalue weighted by atomic mass is 9.97. The van der Waals surface area contributed by atoms with Gasteiger partial charge in [0, 0.05) is 31.2 Å². The highest BCUT2D eigenvalue weighted by Crippen LogP contribution is 2.29. The Kier molecular flexibility index (Phi) is 4.46. The summed E-state index contributed by atoms with van der Waals surface area (Å²) in [6.07, 6.45) is 4.76. The largest absolute Gasteiger partial charge is 0.339 e. The van der Waals surface area contributed by atoms with Crippen molar-refractivity contribution in [3.63, 3.8) is 0 Å². The van der Waals surface area contributed by atoms with E-state index >= 15 is 0 Å². The first kappa shape index (κ1) is 15.1. The molecule has 4 heteroatoms. The number of amides is 2. The summed E-state index contributed by atoms with van der Waals surface area (Å²) < 4.78 is 0. The van der Waals surface area contributed by atoms with Gasteiger partial charge in [-0.1, -0.05) is 25.1 Å². The van der Waals surface area contributed by atoms with Gasteiger partial charge in [0.25, 0.3) is 0 Å². The average molecular weight is 300 g/mol. The van der Waals surface area contributed by atoms with Crippen molar-refractivity contribution in [2.24, 2.45) is 5.92 Å². The lowest BCUT2D eigenvalue weighted by molar-refractivity contribution is -0.139. The molecule has 0 unspecified atom stereocenters. The van der Waals surface area contributed by atoms with E-state index in [1.807, 2.05) is 35.2 Å². The minimum atomic E-state index is -0.181. The molecule has 2 heterocycles. The third-order valence-corrected chi connectivity index (χ3v) is 4.92. The molecule has 1 aromatic carbocycles. The lowest BCUT2D eigenvalue weighted by Gasteiger charge is -2.36. The van der Waals surface area contributed by atoms with Crippen LogP contribution < -0.4 is 4.90 Å². The smallest absolute Gasteiger partial charge is 0.228 e. The molecular weight excluding hydrogens is 276 g/mol. The molecule has 0 N–H and O–H groups in total. The van der Waals surface area contributed by atoms with Crippen molar-refractivity contribution >= 4 is 17.5 Å². The van der Waals surface area contributed by atoms with Gasteiger partial charge in [0.05, 0.1) is 5.92 Å². The second-order valence-electron chi connectivity index (χ2n) is 6.33. The molecule has 0 radical (unpaired) electrons. The number of nitrogens with zero attached hydrogens (tertiary/aromatic N) is 2. The van der Waals surface area contributed by atoms with Crippen LogP contribution in [0.2, 0.25) is 0 Å². The molecule has 0 aromatic heterocycles. The fraction of sp³-hybridized carbons (Fsp3) is 0.556. The van der Waals surface area contributed by atoms with Gasteiger partial charge in [-0.2, -0.15) is 0 Å². The van der Waals surface area contributed by atoms with Gasteiger partial charge in [-0.25, -0.2) is 0 Å². The van der Waals surface area contributed by atoms with Crippen LogP contribution in [-0.2, 0) is 9.59 Å².